The normalized spacial score (nSPS) is 19.5. The zero-order valence-corrected chi connectivity index (χ0v) is 11.3. The first-order valence-corrected chi connectivity index (χ1v) is 6.38. The van der Waals surface area contributed by atoms with Gasteiger partial charge in [0, 0.05) is 37.5 Å². The van der Waals surface area contributed by atoms with Gasteiger partial charge in [-0.3, -0.25) is 10.1 Å². The van der Waals surface area contributed by atoms with E-state index in [1.54, 1.807) is 18.2 Å². The fourth-order valence-electron chi connectivity index (χ4n) is 2.34. The molecule has 6 nitrogen and oxygen atoms in total. The van der Waals surface area contributed by atoms with E-state index < -0.39 is 0 Å². The lowest BCUT2D eigenvalue weighted by atomic mass is 10.1. The van der Waals surface area contributed by atoms with Gasteiger partial charge in [0.2, 0.25) is 0 Å². The van der Waals surface area contributed by atoms with Crippen LogP contribution in [0.3, 0.4) is 0 Å². The van der Waals surface area contributed by atoms with Crippen LogP contribution in [0.1, 0.15) is 5.56 Å². The van der Waals surface area contributed by atoms with E-state index in [1.165, 1.54) is 0 Å². The molecule has 1 unspecified atom stereocenters. The van der Waals surface area contributed by atoms with E-state index >= 15 is 0 Å². The lowest BCUT2D eigenvalue weighted by Crippen LogP contribution is -2.46. The molecule has 0 radical (unpaired) electrons. The zero-order chi connectivity index (χ0) is 13.8. The molecule has 19 heavy (non-hydrogen) atoms. The Balaban J connectivity index is 2.20. The molecule has 1 atom stereocenters. The van der Waals surface area contributed by atoms with Crippen LogP contribution in [-0.4, -0.2) is 44.3 Å². The van der Waals surface area contributed by atoms with Gasteiger partial charge < -0.3 is 15.0 Å². The summed E-state index contributed by atoms with van der Waals surface area (Å²) in [4.78, 5) is 12.7. The first-order valence-electron chi connectivity index (χ1n) is 6.38. The molecule has 1 saturated heterocycles. The molecular formula is C13H19N3O3. The minimum atomic E-state index is -0.353. The SMILES string of the molecule is CNCC1CN(c2cc([N+](=O)[O-])ccc2C)CCO1. The number of hydrogen-bond donors (Lipinski definition) is 1. The zero-order valence-electron chi connectivity index (χ0n) is 11.3. The number of nitrogens with one attached hydrogen (secondary N) is 1. The quantitative estimate of drug-likeness (QED) is 0.657. The van der Waals surface area contributed by atoms with Crippen LogP contribution < -0.4 is 10.2 Å². The molecule has 1 aliphatic heterocycles. The van der Waals surface area contributed by atoms with Gasteiger partial charge in [0.15, 0.2) is 0 Å². The van der Waals surface area contributed by atoms with Crippen LogP contribution in [0.2, 0.25) is 0 Å². The molecule has 1 fully saturated rings. The number of hydrogen-bond acceptors (Lipinski definition) is 5. The van der Waals surface area contributed by atoms with E-state index in [0.717, 1.165) is 30.9 Å². The standard InChI is InChI=1S/C13H19N3O3/c1-10-3-4-11(16(17)18)7-13(10)15-5-6-19-12(9-15)8-14-2/h3-4,7,12,14H,5-6,8-9H2,1-2H3. The van der Waals surface area contributed by atoms with Gasteiger partial charge in [-0.2, -0.15) is 0 Å². The predicted octanol–water partition coefficient (Wildman–Crippen LogP) is 1.33. The van der Waals surface area contributed by atoms with Crippen molar-refractivity contribution in [3.05, 3.63) is 33.9 Å². The topological polar surface area (TPSA) is 67.6 Å². The van der Waals surface area contributed by atoms with Crippen LogP contribution in [0.4, 0.5) is 11.4 Å². The van der Waals surface area contributed by atoms with Crippen LogP contribution in [-0.2, 0) is 4.74 Å². The summed E-state index contributed by atoms with van der Waals surface area (Å²) in [6, 6.07) is 5.00. The largest absolute Gasteiger partial charge is 0.373 e. The monoisotopic (exact) mass is 265 g/mol. The number of aryl methyl sites for hydroxylation is 1. The van der Waals surface area contributed by atoms with Gasteiger partial charge in [0.25, 0.3) is 5.69 Å². The summed E-state index contributed by atoms with van der Waals surface area (Å²) in [7, 11) is 1.89. The Labute approximate surface area is 112 Å². The van der Waals surface area contributed by atoms with E-state index in [0.29, 0.717) is 6.61 Å². The molecule has 1 heterocycles. The van der Waals surface area contributed by atoms with Crippen LogP contribution in [0, 0.1) is 17.0 Å². The van der Waals surface area contributed by atoms with Gasteiger partial charge in [-0.25, -0.2) is 0 Å². The fourth-order valence-corrected chi connectivity index (χ4v) is 2.34. The number of benzene rings is 1. The summed E-state index contributed by atoms with van der Waals surface area (Å²) in [5.74, 6) is 0. The smallest absolute Gasteiger partial charge is 0.271 e. The average molecular weight is 265 g/mol. The number of non-ortho nitro benzene ring substituents is 1. The molecule has 0 amide bonds. The van der Waals surface area contributed by atoms with Gasteiger partial charge in [-0.05, 0) is 19.5 Å². The highest BCUT2D eigenvalue weighted by Crippen LogP contribution is 2.27. The Morgan fingerprint density at radius 1 is 1.58 bits per heavy atom. The van der Waals surface area contributed by atoms with Crippen molar-refractivity contribution < 1.29 is 9.66 Å². The van der Waals surface area contributed by atoms with Crippen LogP contribution in [0.15, 0.2) is 18.2 Å². The molecule has 1 aromatic rings. The van der Waals surface area contributed by atoms with E-state index in [2.05, 4.69) is 10.2 Å². The molecule has 2 rings (SSSR count). The van der Waals surface area contributed by atoms with E-state index in [-0.39, 0.29) is 16.7 Å². The first-order chi connectivity index (χ1) is 9.11. The molecule has 0 bridgehead atoms. The minimum absolute atomic E-state index is 0.123. The number of anilines is 1. The molecule has 0 aliphatic carbocycles. The maximum atomic E-state index is 10.9. The number of nitro groups is 1. The van der Waals surface area contributed by atoms with Crippen molar-refractivity contribution in [2.45, 2.75) is 13.0 Å². The summed E-state index contributed by atoms with van der Waals surface area (Å²) in [5.41, 5.74) is 2.12. The molecule has 1 aliphatic rings. The molecular weight excluding hydrogens is 246 g/mol. The van der Waals surface area contributed by atoms with E-state index in [1.807, 2.05) is 14.0 Å². The Hall–Kier alpha value is -1.66. The summed E-state index contributed by atoms with van der Waals surface area (Å²) in [6.07, 6.45) is 0.123. The van der Waals surface area contributed by atoms with Crippen molar-refractivity contribution >= 4 is 11.4 Å². The van der Waals surface area contributed by atoms with Crippen LogP contribution in [0.25, 0.3) is 0 Å². The number of nitrogens with zero attached hydrogens (tertiary/aromatic N) is 2. The third kappa shape index (κ3) is 3.21. The van der Waals surface area contributed by atoms with Crippen molar-refractivity contribution in [2.75, 3.05) is 38.2 Å². The second-order valence-corrected chi connectivity index (χ2v) is 4.72. The third-order valence-corrected chi connectivity index (χ3v) is 3.31. The van der Waals surface area contributed by atoms with Gasteiger partial charge in [-0.15, -0.1) is 0 Å². The molecule has 0 spiro atoms. The van der Waals surface area contributed by atoms with E-state index in [9.17, 15) is 10.1 Å². The lowest BCUT2D eigenvalue weighted by Gasteiger charge is -2.35. The molecule has 0 aromatic heterocycles. The number of ether oxygens (including phenoxy) is 1. The number of nitro benzene ring substituents is 1. The highest BCUT2D eigenvalue weighted by Gasteiger charge is 2.22. The fraction of sp³-hybridized carbons (Fsp3) is 0.538. The van der Waals surface area contributed by atoms with Gasteiger partial charge >= 0.3 is 0 Å². The number of rotatable bonds is 4. The number of likely N-dealkylation sites (N-methyl/N-ethyl adjacent to an activating group) is 1. The third-order valence-electron chi connectivity index (χ3n) is 3.31. The molecule has 0 saturated carbocycles. The van der Waals surface area contributed by atoms with Crippen molar-refractivity contribution in [1.82, 2.24) is 5.32 Å². The second-order valence-electron chi connectivity index (χ2n) is 4.72. The molecule has 1 N–H and O–H groups in total. The van der Waals surface area contributed by atoms with Gasteiger partial charge in [0.1, 0.15) is 0 Å². The second kappa shape index (κ2) is 5.99. The minimum Gasteiger partial charge on any atom is -0.373 e. The van der Waals surface area contributed by atoms with Crippen molar-refractivity contribution in [1.29, 1.82) is 0 Å². The number of morpholine rings is 1. The van der Waals surface area contributed by atoms with Crippen molar-refractivity contribution in [3.8, 4) is 0 Å². The van der Waals surface area contributed by atoms with Gasteiger partial charge in [-0.1, -0.05) is 6.07 Å². The summed E-state index contributed by atoms with van der Waals surface area (Å²) in [6.45, 7) is 4.92. The summed E-state index contributed by atoms with van der Waals surface area (Å²) < 4.78 is 5.65. The highest BCUT2D eigenvalue weighted by molar-refractivity contribution is 5.59. The lowest BCUT2D eigenvalue weighted by molar-refractivity contribution is -0.384. The maximum Gasteiger partial charge on any atom is 0.271 e. The molecule has 104 valence electrons. The Morgan fingerprint density at radius 2 is 2.37 bits per heavy atom. The predicted molar refractivity (Wildman–Crippen MR) is 73.7 cm³/mol. The molecule has 1 aromatic carbocycles. The van der Waals surface area contributed by atoms with Crippen LogP contribution >= 0.6 is 0 Å². The van der Waals surface area contributed by atoms with Crippen molar-refractivity contribution in [2.24, 2.45) is 0 Å². The van der Waals surface area contributed by atoms with Crippen molar-refractivity contribution in [3.63, 3.8) is 0 Å². The molecule has 6 heteroatoms. The Bertz CT molecular complexity index is 462. The van der Waals surface area contributed by atoms with Gasteiger partial charge in [0.05, 0.1) is 17.6 Å². The maximum absolute atomic E-state index is 10.9. The summed E-state index contributed by atoms with van der Waals surface area (Å²) >= 11 is 0. The Morgan fingerprint density at radius 3 is 3.05 bits per heavy atom. The van der Waals surface area contributed by atoms with Crippen LogP contribution in [0.5, 0.6) is 0 Å². The Kier molecular flexibility index (Phi) is 4.34. The van der Waals surface area contributed by atoms with E-state index in [4.69, 9.17) is 4.74 Å². The summed E-state index contributed by atoms with van der Waals surface area (Å²) in [5, 5.41) is 14.0. The highest BCUT2D eigenvalue weighted by atomic mass is 16.6. The average Bonchev–Trinajstić information content (AvgIpc) is 2.39. The first kappa shape index (κ1) is 13.8.